The molecule has 0 heterocycles. The van der Waals surface area contributed by atoms with Crippen LogP contribution >= 0.6 is 0 Å². The minimum absolute atomic E-state index is 0.345. The van der Waals surface area contributed by atoms with Crippen LogP contribution in [0.4, 0.5) is 0 Å². The van der Waals surface area contributed by atoms with E-state index in [1.165, 1.54) is 19.3 Å². The maximum absolute atomic E-state index is 6.24. The summed E-state index contributed by atoms with van der Waals surface area (Å²) in [5, 5.41) is 0.345. The van der Waals surface area contributed by atoms with E-state index in [0.717, 1.165) is 12.5 Å². The van der Waals surface area contributed by atoms with Gasteiger partial charge in [-0.15, -0.1) is 0 Å². The Labute approximate surface area is 96.0 Å². The second kappa shape index (κ2) is 4.83. The van der Waals surface area contributed by atoms with Crippen molar-refractivity contribution in [3.05, 3.63) is 12.2 Å². The van der Waals surface area contributed by atoms with E-state index in [1.807, 2.05) is 0 Å². The zero-order chi connectivity index (χ0) is 11.5. The fraction of sp³-hybridized carbons (Fsp3) is 0.846. The molecule has 1 aliphatic carbocycles. The summed E-state index contributed by atoms with van der Waals surface area (Å²) in [6.07, 6.45) is 8.37. The van der Waals surface area contributed by atoms with Crippen LogP contribution in [0, 0.1) is 5.92 Å². The molecule has 0 fully saturated rings. The largest absolute Gasteiger partial charge is 0.417 e. The first-order chi connectivity index (χ1) is 6.83. The second-order valence-corrected chi connectivity index (χ2v) is 11.0. The molecule has 15 heavy (non-hydrogen) atoms. The Morgan fingerprint density at radius 1 is 1.27 bits per heavy atom. The van der Waals surface area contributed by atoms with Crippen LogP contribution in [0.25, 0.3) is 0 Å². The highest BCUT2D eigenvalue weighted by Gasteiger charge is 2.37. The number of allylic oxidation sites excluding steroid dienone is 2. The molecular formula is C13H26OSi. The molecule has 0 aromatic carbocycles. The van der Waals surface area contributed by atoms with Crippen LogP contribution in [0.2, 0.25) is 18.1 Å². The highest BCUT2D eigenvalue weighted by Crippen LogP contribution is 2.37. The summed E-state index contributed by atoms with van der Waals surface area (Å²) >= 11 is 0. The second-order valence-electron chi connectivity index (χ2n) is 6.22. The lowest BCUT2D eigenvalue weighted by Crippen LogP contribution is -2.42. The maximum Gasteiger partial charge on any atom is 0.191 e. The first-order valence-corrected chi connectivity index (χ1v) is 9.03. The van der Waals surface area contributed by atoms with Crippen LogP contribution in [0.1, 0.15) is 40.0 Å². The minimum Gasteiger partial charge on any atom is -0.417 e. The van der Waals surface area contributed by atoms with E-state index in [2.05, 4.69) is 46.0 Å². The molecule has 0 radical (unpaired) electrons. The van der Waals surface area contributed by atoms with Crippen molar-refractivity contribution < 1.29 is 4.43 Å². The van der Waals surface area contributed by atoms with Crippen molar-refractivity contribution in [2.75, 3.05) is 6.61 Å². The molecule has 2 heteroatoms. The van der Waals surface area contributed by atoms with E-state index in [4.69, 9.17) is 4.43 Å². The Hall–Kier alpha value is -0.0831. The molecule has 1 unspecified atom stereocenters. The fourth-order valence-electron chi connectivity index (χ4n) is 1.55. The van der Waals surface area contributed by atoms with Gasteiger partial charge in [-0.2, -0.15) is 0 Å². The molecule has 0 saturated heterocycles. The Balaban J connectivity index is 2.39. The maximum atomic E-state index is 6.24. The van der Waals surface area contributed by atoms with Crippen molar-refractivity contribution in [2.24, 2.45) is 5.92 Å². The van der Waals surface area contributed by atoms with Gasteiger partial charge in [-0.3, -0.25) is 0 Å². The van der Waals surface area contributed by atoms with Crippen molar-refractivity contribution in [1.29, 1.82) is 0 Å². The van der Waals surface area contributed by atoms with Crippen molar-refractivity contribution in [3.8, 4) is 0 Å². The average Bonchev–Trinajstić information content (AvgIpc) is 2.15. The van der Waals surface area contributed by atoms with Crippen molar-refractivity contribution in [2.45, 2.75) is 58.2 Å². The normalized spacial score (nSPS) is 23.1. The molecule has 0 aromatic heterocycles. The third-order valence-corrected chi connectivity index (χ3v) is 8.36. The van der Waals surface area contributed by atoms with Crippen molar-refractivity contribution in [3.63, 3.8) is 0 Å². The first kappa shape index (κ1) is 13.0. The summed E-state index contributed by atoms with van der Waals surface area (Å²) in [7, 11) is -1.51. The molecule has 0 bridgehead atoms. The van der Waals surface area contributed by atoms with E-state index in [1.54, 1.807) is 0 Å². The summed E-state index contributed by atoms with van der Waals surface area (Å²) in [5.41, 5.74) is 0. The van der Waals surface area contributed by atoms with Crippen LogP contribution in [0.15, 0.2) is 12.2 Å². The Kier molecular flexibility index (Phi) is 4.18. The Bertz CT molecular complexity index is 225. The lowest BCUT2D eigenvalue weighted by atomic mass is 9.96. The quantitative estimate of drug-likeness (QED) is 0.513. The van der Waals surface area contributed by atoms with Crippen molar-refractivity contribution in [1.82, 2.24) is 0 Å². The molecule has 0 spiro atoms. The van der Waals surface area contributed by atoms with Gasteiger partial charge < -0.3 is 4.43 Å². The average molecular weight is 226 g/mol. The molecule has 0 amide bonds. The molecule has 1 atom stereocenters. The van der Waals surface area contributed by atoms with Crippen LogP contribution < -0.4 is 0 Å². The predicted octanol–water partition coefficient (Wildman–Crippen LogP) is 4.36. The third-order valence-electron chi connectivity index (χ3n) is 3.86. The van der Waals surface area contributed by atoms with Gasteiger partial charge in [0.1, 0.15) is 0 Å². The van der Waals surface area contributed by atoms with Gasteiger partial charge in [-0.05, 0) is 43.3 Å². The smallest absolute Gasteiger partial charge is 0.191 e. The Morgan fingerprint density at radius 2 is 1.93 bits per heavy atom. The van der Waals surface area contributed by atoms with Gasteiger partial charge >= 0.3 is 0 Å². The summed E-state index contributed by atoms with van der Waals surface area (Å²) < 4.78 is 6.24. The molecule has 88 valence electrons. The van der Waals surface area contributed by atoms with E-state index < -0.39 is 8.32 Å². The zero-order valence-corrected chi connectivity index (χ0v) is 12.0. The molecule has 0 aliphatic heterocycles. The zero-order valence-electron chi connectivity index (χ0n) is 11.0. The highest BCUT2D eigenvalue weighted by molar-refractivity contribution is 6.74. The van der Waals surface area contributed by atoms with Gasteiger partial charge in [-0.25, -0.2) is 0 Å². The van der Waals surface area contributed by atoms with Crippen LogP contribution in [-0.2, 0) is 4.43 Å². The monoisotopic (exact) mass is 226 g/mol. The highest BCUT2D eigenvalue weighted by atomic mass is 28.4. The SMILES string of the molecule is CC(C)(C)[Si](C)(C)OCC1CC=CCC1. The van der Waals surface area contributed by atoms with Crippen LogP contribution in [0.5, 0.6) is 0 Å². The van der Waals surface area contributed by atoms with E-state index >= 15 is 0 Å². The minimum atomic E-state index is -1.51. The van der Waals surface area contributed by atoms with Crippen LogP contribution in [-0.4, -0.2) is 14.9 Å². The predicted molar refractivity (Wildman–Crippen MR) is 69.6 cm³/mol. The lowest BCUT2D eigenvalue weighted by Gasteiger charge is -2.37. The van der Waals surface area contributed by atoms with Gasteiger partial charge in [0.2, 0.25) is 0 Å². The summed E-state index contributed by atoms with van der Waals surface area (Å²) in [6.45, 7) is 12.6. The van der Waals surface area contributed by atoms with Crippen LogP contribution in [0.3, 0.4) is 0 Å². The van der Waals surface area contributed by atoms with Gasteiger partial charge in [-0.1, -0.05) is 32.9 Å². The molecule has 1 rings (SSSR count). The Morgan fingerprint density at radius 3 is 2.40 bits per heavy atom. The van der Waals surface area contributed by atoms with Gasteiger partial charge in [0.05, 0.1) is 0 Å². The molecule has 1 nitrogen and oxygen atoms in total. The number of hydrogen-bond donors (Lipinski definition) is 0. The standard InChI is InChI=1S/C13H26OSi/c1-13(2,3)15(4,5)14-11-12-9-7-6-8-10-12/h6-7,12H,8-11H2,1-5H3. The molecular weight excluding hydrogens is 200 g/mol. The van der Waals surface area contributed by atoms with E-state index in [9.17, 15) is 0 Å². The summed E-state index contributed by atoms with van der Waals surface area (Å²) in [6, 6.07) is 0. The fourth-order valence-corrected chi connectivity index (χ4v) is 2.64. The topological polar surface area (TPSA) is 9.23 Å². The van der Waals surface area contributed by atoms with E-state index in [-0.39, 0.29) is 0 Å². The van der Waals surface area contributed by atoms with E-state index in [0.29, 0.717) is 5.04 Å². The number of hydrogen-bond acceptors (Lipinski definition) is 1. The van der Waals surface area contributed by atoms with Gasteiger partial charge in [0.15, 0.2) is 8.32 Å². The van der Waals surface area contributed by atoms with Gasteiger partial charge in [0, 0.05) is 6.61 Å². The van der Waals surface area contributed by atoms with Gasteiger partial charge in [0.25, 0.3) is 0 Å². The molecule has 0 aromatic rings. The lowest BCUT2D eigenvalue weighted by molar-refractivity contribution is 0.219. The molecule has 0 N–H and O–H groups in total. The number of rotatable bonds is 3. The third kappa shape index (κ3) is 3.76. The first-order valence-electron chi connectivity index (χ1n) is 6.12. The molecule has 1 aliphatic rings. The summed E-state index contributed by atoms with van der Waals surface area (Å²) in [4.78, 5) is 0. The van der Waals surface area contributed by atoms with Crippen molar-refractivity contribution >= 4 is 8.32 Å². The molecule has 0 saturated carbocycles. The summed E-state index contributed by atoms with van der Waals surface area (Å²) in [5.74, 6) is 0.768.